The molecule has 1 aliphatic carbocycles. The van der Waals surface area contributed by atoms with Gasteiger partial charge in [-0.25, -0.2) is 0 Å². The van der Waals surface area contributed by atoms with E-state index in [9.17, 15) is 14.7 Å². The van der Waals surface area contributed by atoms with E-state index >= 15 is 0 Å². The molecule has 5 heteroatoms. The summed E-state index contributed by atoms with van der Waals surface area (Å²) in [6.07, 6.45) is 3.51. The average Bonchev–Trinajstić information content (AvgIpc) is 2.84. The van der Waals surface area contributed by atoms with Gasteiger partial charge in [-0.15, -0.1) is 0 Å². The first kappa shape index (κ1) is 19.2. The molecule has 24 heavy (non-hydrogen) atoms. The van der Waals surface area contributed by atoms with Gasteiger partial charge in [-0.1, -0.05) is 34.6 Å². The van der Waals surface area contributed by atoms with Gasteiger partial charge in [0.05, 0.1) is 12.7 Å². The van der Waals surface area contributed by atoms with Gasteiger partial charge >= 0.3 is 5.97 Å². The molecule has 1 N–H and O–H groups in total. The molecule has 4 atom stereocenters. The number of carboxylic acid groups (broad SMARTS) is 1. The van der Waals surface area contributed by atoms with Crippen LogP contribution in [0.2, 0.25) is 0 Å². The molecule has 0 aromatic heterocycles. The number of hydrogen-bond acceptors (Lipinski definition) is 3. The second kappa shape index (κ2) is 7.42. The van der Waals surface area contributed by atoms with E-state index in [-0.39, 0.29) is 23.9 Å². The Hall–Kier alpha value is -1.10. The number of carboxylic acids is 1. The molecule has 2 fully saturated rings. The van der Waals surface area contributed by atoms with Crippen LogP contribution in [0.1, 0.15) is 60.3 Å². The second-order valence-corrected chi connectivity index (χ2v) is 9.15. The van der Waals surface area contributed by atoms with E-state index in [0.717, 1.165) is 25.9 Å². The first-order valence-electron chi connectivity index (χ1n) is 9.19. The highest BCUT2D eigenvalue weighted by atomic mass is 16.5. The predicted molar refractivity (Wildman–Crippen MR) is 92.6 cm³/mol. The number of fused-ring (bicyclic) bond motifs is 1. The molecule has 1 aliphatic heterocycles. The Morgan fingerprint density at radius 1 is 1.17 bits per heavy atom. The van der Waals surface area contributed by atoms with Gasteiger partial charge in [0.1, 0.15) is 6.54 Å². The summed E-state index contributed by atoms with van der Waals surface area (Å²) in [5, 5.41) is 9.25. The monoisotopic (exact) mass is 339 g/mol. The fourth-order valence-electron chi connectivity index (χ4n) is 4.13. The highest BCUT2D eigenvalue weighted by Crippen LogP contribution is 2.42. The van der Waals surface area contributed by atoms with Crippen molar-refractivity contribution < 1.29 is 19.4 Å². The molecule has 0 aromatic rings. The summed E-state index contributed by atoms with van der Waals surface area (Å²) in [6, 6.07) is 0.0421. The third-order valence-corrected chi connectivity index (χ3v) is 5.37. The standard InChI is InChI=1S/C19H33NO4/c1-12(2)16-8-13-6-15(7-14(13)11-24-16)20(10-18(22)23)17(21)9-19(3,4)5/h12-16H,6-11H2,1-5H3,(H,22,23)/t13-,14+,15-,16-/m0/s1. The van der Waals surface area contributed by atoms with Crippen LogP contribution in [0, 0.1) is 23.2 Å². The molecule has 0 radical (unpaired) electrons. The Kier molecular flexibility index (Phi) is 5.95. The number of amides is 1. The quantitative estimate of drug-likeness (QED) is 0.835. The molecule has 1 saturated heterocycles. The summed E-state index contributed by atoms with van der Waals surface area (Å²) in [5.41, 5.74) is -0.134. The van der Waals surface area contributed by atoms with Crippen molar-refractivity contribution in [3.05, 3.63) is 0 Å². The van der Waals surface area contributed by atoms with Gasteiger partial charge in [-0.05, 0) is 42.4 Å². The van der Waals surface area contributed by atoms with Gasteiger partial charge < -0.3 is 14.7 Å². The summed E-state index contributed by atoms with van der Waals surface area (Å²) in [5.74, 6) is 0.555. The number of aliphatic carboxylic acids is 1. The van der Waals surface area contributed by atoms with Crippen LogP contribution in [-0.2, 0) is 14.3 Å². The van der Waals surface area contributed by atoms with Crippen LogP contribution in [0.25, 0.3) is 0 Å². The topological polar surface area (TPSA) is 66.8 Å². The minimum Gasteiger partial charge on any atom is -0.480 e. The van der Waals surface area contributed by atoms with Gasteiger partial charge in [0, 0.05) is 12.5 Å². The van der Waals surface area contributed by atoms with Crippen molar-refractivity contribution in [2.24, 2.45) is 23.2 Å². The molecule has 5 nitrogen and oxygen atoms in total. The van der Waals surface area contributed by atoms with Crippen LogP contribution in [-0.4, -0.2) is 47.2 Å². The molecular formula is C19H33NO4. The zero-order valence-corrected chi connectivity index (χ0v) is 15.7. The van der Waals surface area contributed by atoms with Crippen molar-refractivity contribution in [1.29, 1.82) is 0 Å². The summed E-state index contributed by atoms with van der Waals surface area (Å²) in [6.45, 7) is 11.0. The van der Waals surface area contributed by atoms with Gasteiger partial charge in [0.2, 0.25) is 5.91 Å². The highest BCUT2D eigenvalue weighted by Gasteiger charge is 2.43. The first-order chi connectivity index (χ1) is 11.1. The van der Waals surface area contributed by atoms with Gasteiger partial charge in [-0.3, -0.25) is 9.59 Å². The zero-order chi connectivity index (χ0) is 18.1. The van der Waals surface area contributed by atoms with Gasteiger partial charge in [0.25, 0.3) is 0 Å². The largest absolute Gasteiger partial charge is 0.480 e. The van der Waals surface area contributed by atoms with Crippen molar-refractivity contribution in [3.8, 4) is 0 Å². The van der Waals surface area contributed by atoms with Gasteiger partial charge in [0.15, 0.2) is 0 Å². The lowest BCUT2D eigenvalue weighted by molar-refractivity contribution is -0.147. The summed E-state index contributed by atoms with van der Waals surface area (Å²) in [4.78, 5) is 25.6. The zero-order valence-electron chi connectivity index (χ0n) is 15.7. The molecule has 0 aromatic carbocycles. The van der Waals surface area contributed by atoms with Crippen LogP contribution < -0.4 is 0 Å². The number of carbonyl (C=O) groups excluding carboxylic acids is 1. The number of hydrogen-bond donors (Lipinski definition) is 1. The van der Waals surface area contributed by atoms with E-state index in [2.05, 4.69) is 13.8 Å². The van der Waals surface area contributed by atoms with Crippen LogP contribution in [0.4, 0.5) is 0 Å². The molecule has 2 rings (SSSR count). The van der Waals surface area contributed by atoms with E-state index in [1.807, 2.05) is 20.8 Å². The van der Waals surface area contributed by atoms with Crippen molar-refractivity contribution in [2.45, 2.75) is 72.4 Å². The molecule has 0 unspecified atom stereocenters. The SMILES string of the molecule is CC(C)[C@@H]1C[C@@H]2C[C@H](N(CC(=O)O)C(=O)CC(C)(C)C)C[C@@H]2CO1. The lowest BCUT2D eigenvalue weighted by Gasteiger charge is -2.34. The Balaban J connectivity index is 2.06. The fraction of sp³-hybridized carbons (Fsp3) is 0.895. The number of carbonyl (C=O) groups is 2. The lowest BCUT2D eigenvalue weighted by Crippen LogP contribution is -2.43. The van der Waals surface area contributed by atoms with Crippen molar-refractivity contribution in [3.63, 3.8) is 0 Å². The Morgan fingerprint density at radius 3 is 2.33 bits per heavy atom. The van der Waals surface area contributed by atoms with E-state index in [0.29, 0.717) is 30.3 Å². The number of rotatable bonds is 5. The molecule has 2 aliphatic rings. The molecule has 1 heterocycles. The maximum atomic E-state index is 12.7. The predicted octanol–water partition coefficient (Wildman–Crippen LogP) is 3.18. The van der Waals surface area contributed by atoms with Crippen LogP contribution in [0.15, 0.2) is 0 Å². The molecule has 0 spiro atoms. The fourth-order valence-corrected chi connectivity index (χ4v) is 4.13. The molecule has 1 saturated carbocycles. The summed E-state index contributed by atoms with van der Waals surface area (Å²) < 4.78 is 5.98. The van der Waals surface area contributed by atoms with E-state index in [4.69, 9.17) is 4.74 Å². The van der Waals surface area contributed by atoms with E-state index < -0.39 is 5.97 Å². The average molecular weight is 339 g/mol. The maximum Gasteiger partial charge on any atom is 0.323 e. The third kappa shape index (κ3) is 4.95. The first-order valence-corrected chi connectivity index (χ1v) is 9.19. The molecule has 138 valence electrons. The van der Waals surface area contributed by atoms with E-state index in [1.54, 1.807) is 4.90 Å². The van der Waals surface area contributed by atoms with Crippen molar-refractivity contribution in [1.82, 2.24) is 4.90 Å². The van der Waals surface area contributed by atoms with Crippen LogP contribution in [0.3, 0.4) is 0 Å². The molecule has 1 amide bonds. The Labute approximate surface area is 145 Å². The Bertz CT molecular complexity index is 468. The van der Waals surface area contributed by atoms with E-state index in [1.165, 1.54) is 0 Å². The summed E-state index contributed by atoms with van der Waals surface area (Å²) >= 11 is 0. The normalized spacial score (nSPS) is 30.2. The minimum atomic E-state index is -0.927. The van der Waals surface area contributed by atoms with Crippen molar-refractivity contribution >= 4 is 11.9 Å². The Morgan fingerprint density at radius 2 is 1.79 bits per heavy atom. The van der Waals surface area contributed by atoms with Crippen molar-refractivity contribution in [2.75, 3.05) is 13.2 Å². The second-order valence-electron chi connectivity index (χ2n) is 9.15. The van der Waals surface area contributed by atoms with Gasteiger partial charge in [-0.2, -0.15) is 0 Å². The third-order valence-electron chi connectivity index (χ3n) is 5.37. The summed E-state index contributed by atoms with van der Waals surface area (Å²) in [7, 11) is 0. The van der Waals surface area contributed by atoms with Crippen LogP contribution in [0.5, 0.6) is 0 Å². The molecule has 0 bridgehead atoms. The maximum absolute atomic E-state index is 12.7. The molecular weight excluding hydrogens is 306 g/mol. The highest BCUT2D eigenvalue weighted by molar-refractivity contribution is 5.82. The van der Waals surface area contributed by atoms with Crippen LogP contribution >= 0.6 is 0 Å². The number of nitrogens with zero attached hydrogens (tertiary/aromatic N) is 1. The smallest absolute Gasteiger partial charge is 0.323 e. The minimum absolute atomic E-state index is 0.0325. The number of ether oxygens (including phenoxy) is 1. The lowest BCUT2D eigenvalue weighted by atomic mass is 9.85.